The van der Waals surface area contributed by atoms with E-state index in [0.29, 0.717) is 6.61 Å². The number of aliphatic hydroxyl groups is 1. The summed E-state index contributed by atoms with van der Waals surface area (Å²) in [6.45, 7) is 2.17. The van der Waals surface area contributed by atoms with Gasteiger partial charge in [-0.1, -0.05) is 19.3 Å². The lowest BCUT2D eigenvalue weighted by molar-refractivity contribution is -0.206. The van der Waals surface area contributed by atoms with Crippen molar-refractivity contribution >= 4 is 0 Å². The lowest BCUT2D eigenvalue weighted by Crippen LogP contribution is -2.65. The molecule has 20 heavy (non-hydrogen) atoms. The smallest absolute Gasteiger partial charge is 0.382 e. The quantitative estimate of drug-likeness (QED) is 0.819. The molecule has 3 nitrogen and oxygen atoms in total. The minimum absolute atomic E-state index is 0.0143. The SMILES string of the molecule is CCOC1CC(NCC(O)C(F)(F)F)C12CCCCC2. The van der Waals surface area contributed by atoms with Crippen LogP contribution in [0.5, 0.6) is 0 Å². The second-order valence-corrected chi connectivity index (χ2v) is 5.99. The summed E-state index contributed by atoms with van der Waals surface area (Å²) in [6, 6.07) is 0.0383. The number of rotatable bonds is 5. The fraction of sp³-hybridized carbons (Fsp3) is 1.00. The average Bonchev–Trinajstić information content (AvgIpc) is 2.41. The molecule has 0 aliphatic heterocycles. The summed E-state index contributed by atoms with van der Waals surface area (Å²) < 4.78 is 42.8. The van der Waals surface area contributed by atoms with Gasteiger partial charge >= 0.3 is 6.18 Å². The third kappa shape index (κ3) is 3.12. The maximum atomic E-state index is 12.3. The Hall–Kier alpha value is -0.330. The van der Waals surface area contributed by atoms with Gasteiger partial charge in [0.05, 0.1) is 6.10 Å². The Morgan fingerprint density at radius 1 is 1.30 bits per heavy atom. The second-order valence-electron chi connectivity index (χ2n) is 5.99. The van der Waals surface area contributed by atoms with Crippen LogP contribution in [-0.2, 0) is 4.74 Å². The van der Waals surface area contributed by atoms with E-state index in [1.165, 1.54) is 6.42 Å². The molecule has 0 bridgehead atoms. The lowest BCUT2D eigenvalue weighted by atomic mass is 9.55. The fourth-order valence-corrected chi connectivity index (χ4v) is 3.72. The molecule has 2 fully saturated rings. The molecule has 0 amide bonds. The van der Waals surface area contributed by atoms with E-state index in [1.54, 1.807) is 0 Å². The van der Waals surface area contributed by atoms with E-state index < -0.39 is 18.8 Å². The molecule has 0 aromatic carbocycles. The molecule has 6 heteroatoms. The first-order valence-electron chi connectivity index (χ1n) is 7.50. The third-order valence-electron chi connectivity index (χ3n) is 4.87. The van der Waals surface area contributed by atoms with Crippen LogP contribution in [0.1, 0.15) is 45.4 Å². The van der Waals surface area contributed by atoms with Crippen molar-refractivity contribution < 1.29 is 23.0 Å². The summed E-state index contributed by atoms with van der Waals surface area (Å²) in [4.78, 5) is 0. The predicted octanol–water partition coefficient (Wildman–Crippen LogP) is 2.63. The molecule has 0 radical (unpaired) electrons. The molecule has 2 N–H and O–H groups in total. The summed E-state index contributed by atoms with van der Waals surface area (Å²) in [5.41, 5.74) is -0.0143. The Labute approximate surface area is 117 Å². The number of hydrogen-bond acceptors (Lipinski definition) is 3. The molecular weight excluding hydrogens is 271 g/mol. The number of hydrogen-bond donors (Lipinski definition) is 2. The van der Waals surface area contributed by atoms with Crippen LogP contribution in [0.4, 0.5) is 13.2 Å². The van der Waals surface area contributed by atoms with E-state index in [4.69, 9.17) is 9.84 Å². The Morgan fingerprint density at radius 3 is 2.50 bits per heavy atom. The van der Waals surface area contributed by atoms with Gasteiger partial charge in [0.2, 0.25) is 0 Å². The van der Waals surface area contributed by atoms with E-state index in [0.717, 1.165) is 32.1 Å². The van der Waals surface area contributed by atoms with Crippen molar-refractivity contribution in [3.8, 4) is 0 Å². The first-order chi connectivity index (χ1) is 9.40. The summed E-state index contributed by atoms with van der Waals surface area (Å²) in [5.74, 6) is 0. The van der Waals surface area contributed by atoms with Crippen LogP contribution in [0.15, 0.2) is 0 Å². The zero-order valence-electron chi connectivity index (χ0n) is 11.9. The third-order valence-corrected chi connectivity index (χ3v) is 4.87. The van der Waals surface area contributed by atoms with Crippen molar-refractivity contribution in [2.45, 2.75) is 69.9 Å². The minimum Gasteiger partial charge on any atom is -0.382 e. The van der Waals surface area contributed by atoms with Gasteiger partial charge in [0.1, 0.15) is 0 Å². The highest BCUT2D eigenvalue weighted by atomic mass is 19.4. The summed E-state index contributed by atoms with van der Waals surface area (Å²) in [7, 11) is 0. The van der Waals surface area contributed by atoms with Crippen molar-refractivity contribution in [3.63, 3.8) is 0 Å². The highest BCUT2D eigenvalue weighted by molar-refractivity contribution is 5.09. The predicted molar refractivity (Wildman–Crippen MR) is 69.4 cm³/mol. The van der Waals surface area contributed by atoms with Gasteiger partial charge in [0.15, 0.2) is 6.10 Å². The van der Waals surface area contributed by atoms with Crippen molar-refractivity contribution in [1.82, 2.24) is 5.32 Å². The van der Waals surface area contributed by atoms with E-state index in [2.05, 4.69) is 5.32 Å². The van der Waals surface area contributed by atoms with E-state index in [-0.39, 0.29) is 17.6 Å². The number of alkyl halides is 3. The molecule has 2 rings (SSSR count). The average molecular weight is 295 g/mol. The molecule has 2 saturated carbocycles. The zero-order chi connectivity index (χ0) is 14.8. The summed E-state index contributed by atoms with van der Waals surface area (Å²) in [6.07, 6.45) is -0.475. The Kier molecular flexibility index (Phi) is 4.97. The zero-order valence-corrected chi connectivity index (χ0v) is 11.9. The first kappa shape index (κ1) is 16.0. The van der Waals surface area contributed by atoms with Gasteiger partial charge < -0.3 is 15.2 Å². The fourth-order valence-electron chi connectivity index (χ4n) is 3.72. The normalized spacial score (nSPS) is 31.1. The van der Waals surface area contributed by atoms with Crippen LogP contribution in [-0.4, -0.2) is 42.7 Å². The van der Waals surface area contributed by atoms with Crippen LogP contribution in [0.25, 0.3) is 0 Å². The maximum Gasteiger partial charge on any atom is 0.415 e. The summed E-state index contributed by atoms with van der Waals surface area (Å²) >= 11 is 0. The maximum absolute atomic E-state index is 12.3. The molecule has 0 aromatic heterocycles. The van der Waals surface area contributed by atoms with Gasteiger partial charge in [-0.2, -0.15) is 13.2 Å². The minimum atomic E-state index is -4.55. The molecule has 3 unspecified atom stereocenters. The number of ether oxygens (including phenoxy) is 1. The first-order valence-corrected chi connectivity index (χ1v) is 7.50. The van der Waals surface area contributed by atoms with E-state index >= 15 is 0 Å². The molecule has 3 atom stereocenters. The van der Waals surface area contributed by atoms with Gasteiger partial charge in [-0.05, 0) is 26.2 Å². The van der Waals surface area contributed by atoms with Gasteiger partial charge in [0, 0.05) is 24.6 Å². The van der Waals surface area contributed by atoms with Crippen LogP contribution in [0.3, 0.4) is 0 Å². The molecular formula is C14H24F3NO2. The Balaban J connectivity index is 1.91. The topological polar surface area (TPSA) is 41.5 Å². The second kappa shape index (κ2) is 6.20. The van der Waals surface area contributed by atoms with E-state index in [9.17, 15) is 13.2 Å². The molecule has 2 aliphatic carbocycles. The molecule has 118 valence electrons. The highest BCUT2D eigenvalue weighted by Crippen LogP contribution is 2.53. The number of halogens is 3. The van der Waals surface area contributed by atoms with Crippen molar-refractivity contribution in [2.75, 3.05) is 13.2 Å². The van der Waals surface area contributed by atoms with Crippen LogP contribution in [0, 0.1) is 5.41 Å². The van der Waals surface area contributed by atoms with Gasteiger partial charge in [0.25, 0.3) is 0 Å². The monoisotopic (exact) mass is 295 g/mol. The van der Waals surface area contributed by atoms with Crippen molar-refractivity contribution in [2.24, 2.45) is 5.41 Å². The molecule has 1 spiro atoms. The number of aliphatic hydroxyl groups excluding tert-OH is 1. The van der Waals surface area contributed by atoms with Gasteiger partial charge in [-0.15, -0.1) is 0 Å². The standard InChI is InChI=1S/C14H24F3NO2/c1-2-20-12-8-10(13(12)6-4-3-5-7-13)18-9-11(19)14(15,16)17/h10-12,18-19H,2-9H2,1H3. The number of nitrogens with one attached hydrogen (secondary N) is 1. The van der Waals surface area contributed by atoms with E-state index in [1.807, 2.05) is 6.92 Å². The highest BCUT2D eigenvalue weighted by Gasteiger charge is 2.55. The Morgan fingerprint density at radius 2 is 1.95 bits per heavy atom. The van der Waals surface area contributed by atoms with Gasteiger partial charge in [-0.25, -0.2) is 0 Å². The van der Waals surface area contributed by atoms with Gasteiger partial charge in [-0.3, -0.25) is 0 Å². The lowest BCUT2D eigenvalue weighted by Gasteiger charge is -2.58. The van der Waals surface area contributed by atoms with Crippen LogP contribution >= 0.6 is 0 Å². The largest absolute Gasteiger partial charge is 0.415 e. The Bertz CT molecular complexity index is 316. The molecule has 0 heterocycles. The van der Waals surface area contributed by atoms with Crippen LogP contribution < -0.4 is 5.32 Å². The molecule has 0 saturated heterocycles. The summed E-state index contributed by atoms with van der Waals surface area (Å²) in [5, 5.41) is 12.0. The van der Waals surface area contributed by atoms with Crippen molar-refractivity contribution in [1.29, 1.82) is 0 Å². The van der Waals surface area contributed by atoms with Crippen molar-refractivity contribution in [3.05, 3.63) is 0 Å². The molecule has 2 aliphatic rings. The molecule has 0 aromatic rings. The van der Waals surface area contributed by atoms with Crippen LogP contribution in [0.2, 0.25) is 0 Å².